The fourth-order valence-corrected chi connectivity index (χ4v) is 3.96. The van der Waals surface area contributed by atoms with Gasteiger partial charge < -0.3 is 0 Å². The van der Waals surface area contributed by atoms with Crippen LogP contribution in [0, 0.1) is 6.92 Å². The minimum atomic E-state index is 0.901. The Morgan fingerprint density at radius 3 is 2.19 bits per heavy atom. The lowest BCUT2D eigenvalue weighted by molar-refractivity contribution is 0.893. The second kappa shape index (κ2) is 7.63. The molecule has 2 nitrogen and oxygen atoms in total. The summed E-state index contributed by atoms with van der Waals surface area (Å²) in [6, 6.07) is 29.5. The zero-order valence-corrected chi connectivity index (χ0v) is 15.5. The number of thioether (sulfide) groups is 1. The van der Waals surface area contributed by atoms with E-state index in [4.69, 9.17) is 4.98 Å². The van der Waals surface area contributed by atoms with E-state index in [1.807, 2.05) is 12.3 Å². The lowest BCUT2D eigenvalue weighted by Gasteiger charge is -2.14. The van der Waals surface area contributed by atoms with Crippen molar-refractivity contribution in [2.45, 2.75) is 17.8 Å². The monoisotopic (exact) mass is 356 g/mol. The molecule has 0 N–H and O–H groups in total. The van der Waals surface area contributed by atoms with E-state index in [9.17, 15) is 0 Å². The summed E-state index contributed by atoms with van der Waals surface area (Å²) in [6.45, 7) is 2.15. The Labute approximate surface area is 158 Å². The van der Waals surface area contributed by atoms with Crippen LogP contribution in [0.3, 0.4) is 0 Å². The molecule has 3 heteroatoms. The molecule has 0 unspecified atom stereocenters. The van der Waals surface area contributed by atoms with Gasteiger partial charge in [0.2, 0.25) is 0 Å². The molecule has 128 valence electrons. The first-order valence-corrected chi connectivity index (χ1v) is 9.67. The zero-order valence-electron chi connectivity index (χ0n) is 14.7. The number of imidazole rings is 1. The molecule has 0 atom stereocenters. The van der Waals surface area contributed by atoms with E-state index in [0.717, 1.165) is 16.6 Å². The predicted octanol–water partition coefficient (Wildman–Crippen LogP) is 6.14. The Bertz CT molecular complexity index is 991. The van der Waals surface area contributed by atoms with Gasteiger partial charge in [0, 0.05) is 11.3 Å². The van der Waals surface area contributed by atoms with Gasteiger partial charge in [-0.2, -0.15) is 0 Å². The zero-order chi connectivity index (χ0) is 17.8. The van der Waals surface area contributed by atoms with Gasteiger partial charge in [0.25, 0.3) is 0 Å². The molecule has 26 heavy (non-hydrogen) atoms. The molecule has 0 bridgehead atoms. The Morgan fingerprint density at radius 1 is 0.808 bits per heavy atom. The molecule has 0 radical (unpaired) electrons. The van der Waals surface area contributed by atoms with Gasteiger partial charge in [0.15, 0.2) is 5.16 Å². The predicted molar refractivity (Wildman–Crippen MR) is 110 cm³/mol. The molecule has 0 fully saturated rings. The van der Waals surface area contributed by atoms with Crippen LogP contribution in [0.1, 0.15) is 11.1 Å². The highest BCUT2D eigenvalue weighted by Crippen LogP contribution is 2.32. The van der Waals surface area contributed by atoms with Crippen LogP contribution in [-0.4, -0.2) is 9.55 Å². The van der Waals surface area contributed by atoms with Crippen molar-refractivity contribution in [3.63, 3.8) is 0 Å². The van der Waals surface area contributed by atoms with Gasteiger partial charge in [-0.25, -0.2) is 4.98 Å². The van der Waals surface area contributed by atoms with Crippen molar-refractivity contribution in [2.24, 2.45) is 0 Å². The largest absolute Gasteiger partial charge is 0.287 e. The van der Waals surface area contributed by atoms with Gasteiger partial charge in [0.05, 0.1) is 17.6 Å². The smallest absolute Gasteiger partial charge is 0.173 e. The second-order valence-electron chi connectivity index (χ2n) is 6.19. The first-order valence-electron chi connectivity index (χ1n) is 8.69. The number of hydrogen-bond acceptors (Lipinski definition) is 2. The third kappa shape index (κ3) is 3.44. The molecule has 0 aliphatic heterocycles. The van der Waals surface area contributed by atoms with Crippen LogP contribution >= 0.6 is 11.8 Å². The van der Waals surface area contributed by atoms with E-state index < -0.39 is 0 Å². The normalized spacial score (nSPS) is 10.8. The van der Waals surface area contributed by atoms with Crippen molar-refractivity contribution >= 4 is 11.8 Å². The molecule has 3 aromatic carbocycles. The third-order valence-corrected chi connectivity index (χ3v) is 5.39. The Morgan fingerprint density at radius 2 is 1.46 bits per heavy atom. The Hall–Kier alpha value is -2.78. The molecular weight excluding hydrogens is 336 g/mol. The van der Waals surface area contributed by atoms with E-state index in [2.05, 4.69) is 90.4 Å². The van der Waals surface area contributed by atoms with Crippen molar-refractivity contribution in [3.8, 4) is 16.9 Å². The molecule has 0 aliphatic rings. The second-order valence-corrected chi connectivity index (χ2v) is 7.13. The number of benzene rings is 3. The highest BCUT2D eigenvalue weighted by molar-refractivity contribution is 7.98. The van der Waals surface area contributed by atoms with Crippen LogP contribution in [0.4, 0.5) is 0 Å². The number of rotatable bonds is 5. The number of aromatic nitrogens is 2. The van der Waals surface area contributed by atoms with Gasteiger partial charge in [-0.1, -0.05) is 90.6 Å². The molecular formula is C23H20N2S. The van der Waals surface area contributed by atoms with Crippen LogP contribution in [0.2, 0.25) is 0 Å². The fourth-order valence-electron chi connectivity index (χ4n) is 3.02. The summed E-state index contributed by atoms with van der Waals surface area (Å²) in [5, 5.41) is 1.02. The van der Waals surface area contributed by atoms with Crippen molar-refractivity contribution in [1.29, 1.82) is 0 Å². The summed E-state index contributed by atoms with van der Waals surface area (Å²) in [5.74, 6) is 0.901. The first-order chi connectivity index (χ1) is 12.8. The van der Waals surface area contributed by atoms with E-state index in [0.29, 0.717) is 0 Å². The quantitative estimate of drug-likeness (QED) is 0.400. The summed E-state index contributed by atoms with van der Waals surface area (Å²) in [4.78, 5) is 4.75. The van der Waals surface area contributed by atoms with Gasteiger partial charge in [-0.05, 0) is 24.1 Å². The summed E-state index contributed by atoms with van der Waals surface area (Å²) in [6.07, 6.45) is 1.98. The highest BCUT2D eigenvalue weighted by atomic mass is 32.2. The van der Waals surface area contributed by atoms with Crippen molar-refractivity contribution in [1.82, 2.24) is 9.55 Å². The van der Waals surface area contributed by atoms with Gasteiger partial charge >= 0.3 is 0 Å². The molecule has 4 rings (SSSR count). The van der Waals surface area contributed by atoms with Crippen LogP contribution in [0.25, 0.3) is 16.9 Å². The molecule has 0 aliphatic carbocycles. The van der Waals surface area contributed by atoms with E-state index in [1.54, 1.807) is 11.8 Å². The van der Waals surface area contributed by atoms with Gasteiger partial charge in [0.1, 0.15) is 0 Å². The highest BCUT2D eigenvalue weighted by Gasteiger charge is 2.15. The maximum absolute atomic E-state index is 4.75. The summed E-state index contributed by atoms with van der Waals surface area (Å²) in [5.41, 5.74) is 6.02. The molecule has 1 aromatic heterocycles. The van der Waals surface area contributed by atoms with Gasteiger partial charge in [-0.3, -0.25) is 4.57 Å². The maximum atomic E-state index is 4.75. The Kier molecular flexibility index (Phi) is 4.89. The molecule has 4 aromatic rings. The Balaban J connectivity index is 1.77. The molecule has 0 amide bonds. The number of para-hydroxylation sites is 1. The molecule has 0 saturated carbocycles. The minimum absolute atomic E-state index is 0.901. The average molecular weight is 356 g/mol. The van der Waals surface area contributed by atoms with Crippen molar-refractivity contribution < 1.29 is 0 Å². The third-order valence-electron chi connectivity index (χ3n) is 4.37. The molecule has 0 spiro atoms. The topological polar surface area (TPSA) is 17.8 Å². The van der Waals surface area contributed by atoms with Crippen molar-refractivity contribution in [2.75, 3.05) is 0 Å². The van der Waals surface area contributed by atoms with Crippen LogP contribution in [0.5, 0.6) is 0 Å². The van der Waals surface area contributed by atoms with Crippen LogP contribution in [-0.2, 0) is 5.75 Å². The lowest BCUT2D eigenvalue weighted by atomic mass is 10.1. The van der Waals surface area contributed by atoms with Crippen LogP contribution in [0.15, 0.2) is 96.3 Å². The van der Waals surface area contributed by atoms with Crippen LogP contribution < -0.4 is 0 Å². The van der Waals surface area contributed by atoms with E-state index in [1.165, 1.54) is 22.4 Å². The SMILES string of the molecule is Cc1ccccc1-n1c(-c2ccccc2)cnc1SCc1ccccc1. The van der Waals surface area contributed by atoms with Gasteiger partial charge in [-0.15, -0.1) is 0 Å². The standard InChI is InChI=1S/C23H20N2S/c1-18-10-8-9-15-21(18)25-22(20-13-6-3-7-14-20)16-24-23(25)26-17-19-11-4-2-5-12-19/h2-16H,17H2,1H3. The number of nitrogens with zero attached hydrogens (tertiary/aromatic N) is 2. The lowest BCUT2D eigenvalue weighted by Crippen LogP contribution is -2.01. The summed E-state index contributed by atoms with van der Waals surface area (Å²) < 4.78 is 2.28. The fraction of sp³-hybridized carbons (Fsp3) is 0.0870. The maximum Gasteiger partial charge on any atom is 0.173 e. The summed E-state index contributed by atoms with van der Waals surface area (Å²) >= 11 is 1.77. The van der Waals surface area contributed by atoms with Crippen molar-refractivity contribution in [3.05, 3.63) is 102 Å². The molecule has 0 saturated heterocycles. The minimum Gasteiger partial charge on any atom is -0.287 e. The average Bonchev–Trinajstić information content (AvgIpc) is 3.12. The van der Waals surface area contributed by atoms with E-state index >= 15 is 0 Å². The summed E-state index contributed by atoms with van der Waals surface area (Å²) in [7, 11) is 0. The first kappa shape index (κ1) is 16.7. The van der Waals surface area contributed by atoms with E-state index in [-0.39, 0.29) is 0 Å². The number of aryl methyl sites for hydroxylation is 1. The molecule has 1 heterocycles. The number of hydrogen-bond donors (Lipinski definition) is 0.